The van der Waals surface area contributed by atoms with Gasteiger partial charge in [0.2, 0.25) is 5.91 Å². The molecule has 1 atom stereocenters. The highest BCUT2D eigenvalue weighted by atomic mass is 35.5. The van der Waals surface area contributed by atoms with Gasteiger partial charge in [0.25, 0.3) is 0 Å². The molecule has 5 heteroatoms. The molecule has 4 nitrogen and oxygen atoms in total. The van der Waals surface area contributed by atoms with Crippen molar-refractivity contribution >= 4 is 23.5 Å². The van der Waals surface area contributed by atoms with Gasteiger partial charge in [-0.25, -0.2) is 4.79 Å². The van der Waals surface area contributed by atoms with Crippen LogP contribution in [0.2, 0.25) is 5.02 Å². The fraction of sp³-hybridized carbons (Fsp3) is 0.385. The lowest BCUT2D eigenvalue weighted by Gasteiger charge is -2.24. The van der Waals surface area contributed by atoms with Crippen molar-refractivity contribution in [1.82, 2.24) is 5.32 Å². The zero-order valence-corrected chi connectivity index (χ0v) is 11.1. The highest BCUT2D eigenvalue weighted by Gasteiger charge is 2.32. The number of halogens is 1. The van der Waals surface area contributed by atoms with E-state index in [1.807, 2.05) is 0 Å². The minimum atomic E-state index is -1.24. The van der Waals surface area contributed by atoms with E-state index in [0.29, 0.717) is 17.0 Å². The van der Waals surface area contributed by atoms with Crippen LogP contribution in [0.15, 0.2) is 24.3 Å². The smallest absolute Gasteiger partial charge is 0.329 e. The average molecular weight is 270 g/mol. The van der Waals surface area contributed by atoms with E-state index in [9.17, 15) is 9.59 Å². The first-order valence-electron chi connectivity index (χ1n) is 5.67. The quantitative estimate of drug-likeness (QED) is 0.862. The second-order valence-corrected chi connectivity index (χ2v) is 4.71. The Morgan fingerprint density at radius 3 is 2.50 bits per heavy atom. The van der Waals surface area contributed by atoms with Crippen LogP contribution < -0.4 is 5.32 Å². The first kappa shape index (κ1) is 14.5. The lowest BCUT2D eigenvalue weighted by Crippen LogP contribution is -2.52. The number of hydrogen-bond acceptors (Lipinski definition) is 2. The Morgan fingerprint density at radius 1 is 1.39 bits per heavy atom. The number of carbonyl (C=O) groups is 2. The molecule has 0 spiro atoms. The van der Waals surface area contributed by atoms with Crippen molar-refractivity contribution in [2.45, 2.75) is 32.2 Å². The van der Waals surface area contributed by atoms with Crippen molar-refractivity contribution in [2.24, 2.45) is 0 Å². The van der Waals surface area contributed by atoms with Crippen LogP contribution >= 0.6 is 11.6 Å². The maximum atomic E-state index is 11.8. The summed E-state index contributed by atoms with van der Waals surface area (Å²) in [7, 11) is 0. The van der Waals surface area contributed by atoms with Crippen molar-refractivity contribution < 1.29 is 14.7 Å². The summed E-state index contributed by atoms with van der Waals surface area (Å²) in [5.74, 6) is -1.40. The third-order valence-electron chi connectivity index (χ3n) is 2.90. The standard InChI is InChI=1S/C13H16ClNO3/c1-3-13(2,12(17)18)15-11(16)8-9-6-4-5-7-10(9)14/h4-7H,3,8H2,1-2H3,(H,15,16)(H,17,18). The van der Waals surface area contributed by atoms with E-state index >= 15 is 0 Å². The van der Waals surface area contributed by atoms with Crippen LogP contribution in [0.3, 0.4) is 0 Å². The molecule has 1 rings (SSSR count). The van der Waals surface area contributed by atoms with E-state index in [1.165, 1.54) is 6.92 Å². The van der Waals surface area contributed by atoms with Gasteiger partial charge in [-0.1, -0.05) is 36.7 Å². The van der Waals surface area contributed by atoms with E-state index in [4.69, 9.17) is 16.7 Å². The van der Waals surface area contributed by atoms with Gasteiger partial charge in [0.1, 0.15) is 5.54 Å². The van der Waals surface area contributed by atoms with Crippen LogP contribution in [0.5, 0.6) is 0 Å². The van der Waals surface area contributed by atoms with Gasteiger partial charge in [0, 0.05) is 5.02 Å². The molecule has 0 radical (unpaired) electrons. The molecular weight excluding hydrogens is 254 g/mol. The number of hydrogen-bond donors (Lipinski definition) is 2. The van der Waals surface area contributed by atoms with Crippen LogP contribution in [-0.4, -0.2) is 22.5 Å². The molecule has 1 aromatic rings. The summed E-state index contributed by atoms with van der Waals surface area (Å²) in [6, 6.07) is 6.99. The fourth-order valence-corrected chi connectivity index (χ4v) is 1.66. The zero-order valence-electron chi connectivity index (χ0n) is 10.4. The molecule has 0 aliphatic rings. The van der Waals surface area contributed by atoms with Crippen molar-refractivity contribution in [2.75, 3.05) is 0 Å². The predicted octanol–water partition coefficient (Wildman–Crippen LogP) is 2.25. The first-order valence-corrected chi connectivity index (χ1v) is 6.04. The highest BCUT2D eigenvalue weighted by molar-refractivity contribution is 6.31. The molecule has 0 aromatic heterocycles. The van der Waals surface area contributed by atoms with E-state index in [-0.39, 0.29) is 12.3 Å². The monoisotopic (exact) mass is 269 g/mol. The number of carboxylic acids is 1. The lowest BCUT2D eigenvalue weighted by molar-refractivity contribution is -0.146. The Balaban J connectivity index is 2.73. The molecule has 1 aromatic carbocycles. The van der Waals surface area contributed by atoms with Crippen molar-refractivity contribution in [3.63, 3.8) is 0 Å². The Hall–Kier alpha value is -1.55. The number of carbonyl (C=O) groups excluding carboxylic acids is 1. The molecule has 0 aliphatic carbocycles. The molecule has 0 saturated heterocycles. The second kappa shape index (κ2) is 5.87. The fourth-order valence-electron chi connectivity index (χ4n) is 1.46. The average Bonchev–Trinajstić information content (AvgIpc) is 2.31. The van der Waals surface area contributed by atoms with Crippen LogP contribution in [0.1, 0.15) is 25.8 Å². The van der Waals surface area contributed by atoms with Crippen molar-refractivity contribution in [3.05, 3.63) is 34.9 Å². The number of nitrogens with one attached hydrogen (secondary N) is 1. The van der Waals surface area contributed by atoms with Crippen LogP contribution in [0.25, 0.3) is 0 Å². The summed E-state index contributed by atoms with van der Waals surface area (Å²) in [6.45, 7) is 3.20. The molecule has 1 unspecified atom stereocenters. The third-order valence-corrected chi connectivity index (χ3v) is 3.27. The molecule has 0 fully saturated rings. The van der Waals surface area contributed by atoms with E-state index in [1.54, 1.807) is 31.2 Å². The molecule has 2 N–H and O–H groups in total. The van der Waals surface area contributed by atoms with E-state index in [2.05, 4.69) is 5.32 Å². The van der Waals surface area contributed by atoms with Gasteiger partial charge < -0.3 is 10.4 Å². The first-order chi connectivity index (χ1) is 8.39. The number of benzene rings is 1. The summed E-state index contributed by atoms with van der Waals surface area (Å²) in [6.07, 6.45) is 0.388. The van der Waals surface area contributed by atoms with Gasteiger partial charge in [0.05, 0.1) is 6.42 Å². The predicted molar refractivity (Wildman–Crippen MR) is 69.6 cm³/mol. The van der Waals surface area contributed by atoms with Gasteiger partial charge in [-0.3, -0.25) is 4.79 Å². The van der Waals surface area contributed by atoms with Crippen LogP contribution in [0.4, 0.5) is 0 Å². The number of rotatable bonds is 5. The summed E-state index contributed by atoms with van der Waals surface area (Å²) < 4.78 is 0. The van der Waals surface area contributed by atoms with E-state index < -0.39 is 11.5 Å². The summed E-state index contributed by atoms with van der Waals surface area (Å²) in [5, 5.41) is 12.1. The molecule has 0 bridgehead atoms. The topological polar surface area (TPSA) is 66.4 Å². The number of aliphatic carboxylic acids is 1. The Bertz CT molecular complexity index is 461. The second-order valence-electron chi connectivity index (χ2n) is 4.31. The number of amides is 1. The summed E-state index contributed by atoms with van der Waals surface area (Å²) in [4.78, 5) is 22.9. The van der Waals surface area contributed by atoms with Crippen LogP contribution in [-0.2, 0) is 16.0 Å². The Morgan fingerprint density at radius 2 is 2.00 bits per heavy atom. The van der Waals surface area contributed by atoms with Crippen LogP contribution in [0, 0.1) is 0 Å². The molecule has 98 valence electrons. The normalized spacial score (nSPS) is 13.7. The van der Waals surface area contributed by atoms with Gasteiger partial charge in [0.15, 0.2) is 0 Å². The molecular formula is C13H16ClNO3. The van der Waals surface area contributed by atoms with Gasteiger partial charge >= 0.3 is 5.97 Å². The lowest BCUT2D eigenvalue weighted by atomic mass is 9.98. The molecule has 0 heterocycles. The van der Waals surface area contributed by atoms with Crippen molar-refractivity contribution in [3.8, 4) is 0 Å². The Kier molecular flexibility index (Phi) is 4.73. The molecule has 1 amide bonds. The van der Waals surface area contributed by atoms with Crippen molar-refractivity contribution in [1.29, 1.82) is 0 Å². The molecule has 0 saturated carbocycles. The minimum absolute atomic E-state index is 0.0720. The largest absolute Gasteiger partial charge is 0.480 e. The minimum Gasteiger partial charge on any atom is -0.480 e. The maximum absolute atomic E-state index is 11.8. The van der Waals surface area contributed by atoms with E-state index in [0.717, 1.165) is 0 Å². The Labute approximate surface area is 111 Å². The third kappa shape index (κ3) is 3.47. The SMILES string of the molecule is CCC(C)(NC(=O)Cc1ccccc1Cl)C(=O)O. The maximum Gasteiger partial charge on any atom is 0.329 e. The zero-order chi connectivity index (χ0) is 13.8. The van der Waals surface area contributed by atoms with Gasteiger partial charge in [-0.05, 0) is 25.0 Å². The summed E-state index contributed by atoms with van der Waals surface area (Å²) in [5.41, 5.74) is -0.557. The van der Waals surface area contributed by atoms with Gasteiger partial charge in [-0.15, -0.1) is 0 Å². The summed E-state index contributed by atoms with van der Waals surface area (Å²) >= 11 is 5.94. The van der Waals surface area contributed by atoms with Gasteiger partial charge in [-0.2, -0.15) is 0 Å². The highest BCUT2D eigenvalue weighted by Crippen LogP contribution is 2.16. The number of carboxylic acid groups (broad SMARTS) is 1. The molecule has 0 aliphatic heterocycles. The molecule has 18 heavy (non-hydrogen) atoms.